The van der Waals surface area contributed by atoms with Gasteiger partial charge in [-0.2, -0.15) is 11.3 Å². The van der Waals surface area contributed by atoms with Crippen LogP contribution in [0.2, 0.25) is 0 Å². The van der Waals surface area contributed by atoms with E-state index in [1.165, 1.54) is 16.9 Å². The van der Waals surface area contributed by atoms with Crippen molar-refractivity contribution in [3.05, 3.63) is 34.0 Å². The molecule has 0 radical (unpaired) electrons. The predicted octanol–water partition coefficient (Wildman–Crippen LogP) is 1.25. The van der Waals surface area contributed by atoms with Gasteiger partial charge in [0.15, 0.2) is 5.13 Å². The van der Waals surface area contributed by atoms with E-state index in [1.807, 2.05) is 5.38 Å². The first-order valence-corrected chi connectivity index (χ1v) is 9.89. The molecule has 1 aliphatic heterocycles. The van der Waals surface area contributed by atoms with Crippen LogP contribution < -0.4 is 10.6 Å². The SMILES string of the molecule is CN1CCN(C(CNC(=O)C(=O)Nc2nccs2)c2ccsc2)CC1. The number of carbonyl (C=O) groups excluding carboxylic acids is 2. The van der Waals surface area contributed by atoms with Crippen LogP contribution in [-0.4, -0.2) is 66.4 Å². The van der Waals surface area contributed by atoms with Gasteiger partial charge in [-0.15, -0.1) is 11.3 Å². The van der Waals surface area contributed by atoms with Gasteiger partial charge in [0.25, 0.3) is 0 Å². The Morgan fingerprint density at radius 1 is 1.24 bits per heavy atom. The molecule has 0 aliphatic carbocycles. The molecule has 1 unspecified atom stereocenters. The Labute approximate surface area is 154 Å². The van der Waals surface area contributed by atoms with Gasteiger partial charge in [0, 0.05) is 44.3 Å². The summed E-state index contributed by atoms with van der Waals surface area (Å²) in [7, 11) is 2.11. The summed E-state index contributed by atoms with van der Waals surface area (Å²) in [6.45, 7) is 4.29. The van der Waals surface area contributed by atoms with Crippen molar-refractivity contribution in [3.63, 3.8) is 0 Å². The largest absolute Gasteiger partial charge is 0.346 e. The van der Waals surface area contributed by atoms with Crippen molar-refractivity contribution in [2.45, 2.75) is 6.04 Å². The Balaban J connectivity index is 1.58. The lowest BCUT2D eigenvalue weighted by Gasteiger charge is -2.37. The summed E-state index contributed by atoms with van der Waals surface area (Å²) in [6, 6.07) is 2.16. The summed E-state index contributed by atoms with van der Waals surface area (Å²) in [5.41, 5.74) is 1.18. The number of nitrogens with one attached hydrogen (secondary N) is 2. The highest BCUT2D eigenvalue weighted by molar-refractivity contribution is 7.13. The molecule has 0 bridgehead atoms. The number of carbonyl (C=O) groups is 2. The van der Waals surface area contributed by atoms with E-state index in [0.717, 1.165) is 26.2 Å². The number of rotatable bonds is 5. The first-order chi connectivity index (χ1) is 12.1. The van der Waals surface area contributed by atoms with Crippen LogP contribution in [0.1, 0.15) is 11.6 Å². The zero-order valence-corrected chi connectivity index (χ0v) is 15.6. The maximum Gasteiger partial charge on any atom is 0.315 e. The van der Waals surface area contributed by atoms with Gasteiger partial charge in [-0.25, -0.2) is 4.98 Å². The second kappa shape index (κ2) is 8.52. The quantitative estimate of drug-likeness (QED) is 0.765. The van der Waals surface area contributed by atoms with E-state index in [1.54, 1.807) is 22.9 Å². The fourth-order valence-corrected chi connectivity index (χ4v) is 4.00. The molecule has 0 aromatic carbocycles. The molecule has 25 heavy (non-hydrogen) atoms. The van der Waals surface area contributed by atoms with Crippen molar-refractivity contribution in [2.24, 2.45) is 0 Å². The normalized spacial score (nSPS) is 17.2. The molecule has 1 fully saturated rings. The smallest absolute Gasteiger partial charge is 0.315 e. The highest BCUT2D eigenvalue weighted by atomic mass is 32.1. The number of hydrogen-bond acceptors (Lipinski definition) is 7. The van der Waals surface area contributed by atoms with Gasteiger partial charge < -0.3 is 10.2 Å². The summed E-state index contributed by atoms with van der Waals surface area (Å²) in [4.78, 5) is 32.7. The van der Waals surface area contributed by atoms with Crippen molar-refractivity contribution in [1.82, 2.24) is 20.1 Å². The average molecular weight is 380 g/mol. The second-order valence-electron chi connectivity index (χ2n) is 5.91. The van der Waals surface area contributed by atoms with Crippen LogP contribution in [0.25, 0.3) is 0 Å². The van der Waals surface area contributed by atoms with Gasteiger partial charge in [0.05, 0.1) is 6.04 Å². The third-order valence-corrected chi connectivity index (χ3v) is 5.61. The van der Waals surface area contributed by atoms with E-state index in [9.17, 15) is 9.59 Å². The molecule has 3 rings (SSSR count). The van der Waals surface area contributed by atoms with E-state index in [4.69, 9.17) is 0 Å². The standard InChI is InChI=1S/C16H21N5O2S2/c1-20-4-6-21(7-5-20)13(12-2-8-24-11-12)10-18-14(22)15(23)19-16-17-3-9-25-16/h2-3,8-9,11,13H,4-7,10H2,1H3,(H,18,22)(H,17,19,23). The number of thiazole rings is 1. The number of thiophene rings is 1. The number of aromatic nitrogens is 1. The summed E-state index contributed by atoms with van der Waals surface area (Å²) < 4.78 is 0. The molecule has 134 valence electrons. The van der Waals surface area contributed by atoms with E-state index in [0.29, 0.717) is 11.7 Å². The summed E-state index contributed by atoms with van der Waals surface area (Å²) in [6.07, 6.45) is 1.58. The van der Waals surface area contributed by atoms with Crippen LogP contribution in [0.15, 0.2) is 28.4 Å². The monoisotopic (exact) mass is 379 g/mol. The molecular formula is C16H21N5O2S2. The van der Waals surface area contributed by atoms with Crippen LogP contribution in [0.5, 0.6) is 0 Å². The van der Waals surface area contributed by atoms with Gasteiger partial charge in [-0.1, -0.05) is 0 Å². The Hall–Kier alpha value is -1.81. The van der Waals surface area contributed by atoms with Crippen molar-refractivity contribution in [2.75, 3.05) is 45.1 Å². The number of piperazine rings is 1. The van der Waals surface area contributed by atoms with Crippen LogP contribution in [0.4, 0.5) is 5.13 Å². The van der Waals surface area contributed by atoms with E-state index in [2.05, 4.69) is 43.9 Å². The molecule has 1 saturated heterocycles. The molecule has 2 amide bonds. The Bertz CT molecular complexity index is 681. The lowest BCUT2D eigenvalue weighted by atomic mass is 10.1. The molecule has 1 aliphatic rings. The predicted molar refractivity (Wildman–Crippen MR) is 99.9 cm³/mol. The minimum absolute atomic E-state index is 0.0802. The van der Waals surface area contributed by atoms with Crippen LogP contribution in [0, 0.1) is 0 Å². The number of likely N-dealkylation sites (N-methyl/N-ethyl adjacent to an activating group) is 1. The van der Waals surface area contributed by atoms with Crippen molar-refractivity contribution in [1.29, 1.82) is 0 Å². The van der Waals surface area contributed by atoms with Crippen molar-refractivity contribution >= 4 is 39.6 Å². The van der Waals surface area contributed by atoms with Crippen molar-refractivity contribution < 1.29 is 9.59 Å². The van der Waals surface area contributed by atoms with Crippen LogP contribution >= 0.6 is 22.7 Å². The van der Waals surface area contributed by atoms with Crippen LogP contribution in [-0.2, 0) is 9.59 Å². The topological polar surface area (TPSA) is 77.6 Å². The molecule has 2 aromatic rings. The Morgan fingerprint density at radius 3 is 2.68 bits per heavy atom. The molecule has 2 aromatic heterocycles. The maximum absolute atomic E-state index is 12.1. The number of nitrogens with zero attached hydrogens (tertiary/aromatic N) is 3. The zero-order chi connectivity index (χ0) is 17.6. The Kier molecular flexibility index (Phi) is 6.14. The highest BCUT2D eigenvalue weighted by Crippen LogP contribution is 2.23. The number of amides is 2. The molecule has 0 saturated carbocycles. The first kappa shape index (κ1) is 18.0. The molecule has 2 N–H and O–H groups in total. The van der Waals surface area contributed by atoms with Gasteiger partial charge in [-0.05, 0) is 29.4 Å². The zero-order valence-electron chi connectivity index (χ0n) is 14.0. The van der Waals surface area contributed by atoms with Gasteiger partial charge in [0.2, 0.25) is 0 Å². The van der Waals surface area contributed by atoms with Gasteiger partial charge in [-0.3, -0.25) is 19.8 Å². The van der Waals surface area contributed by atoms with Crippen molar-refractivity contribution in [3.8, 4) is 0 Å². The minimum Gasteiger partial charge on any atom is -0.346 e. The highest BCUT2D eigenvalue weighted by Gasteiger charge is 2.25. The lowest BCUT2D eigenvalue weighted by Crippen LogP contribution is -2.49. The lowest BCUT2D eigenvalue weighted by molar-refractivity contribution is -0.136. The summed E-state index contributed by atoms with van der Waals surface area (Å²) in [5, 5.41) is 11.6. The minimum atomic E-state index is -0.683. The number of anilines is 1. The van der Waals surface area contributed by atoms with E-state index < -0.39 is 11.8 Å². The number of hydrogen-bond donors (Lipinski definition) is 2. The maximum atomic E-state index is 12.1. The van der Waals surface area contributed by atoms with Gasteiger partial charge in [0.1, 0.15) is 0 Å². The average Bonchev–Trinajstić information content (AvgIpc) is 3.30. The molecule has 9 heteroatoms. The van der Waals surface area contributed by atoms with E-state index in [-0.39, 0.29) is 6.04 Å². The van der Waals surface area contributed by atoms with Gasteiger partial charge >= 0.3 is 11.8 Å². The third-order valence-electron chi connectivity index (χ3n) is 4.22. The fourth-order valence-electron chi connectivity index (χ4n) is 2.76. The van der Waals surface area contributed by atoms with Crippen LogP contribution in [0.3, 0.4) is 0 Å². The molecular weight excluding hydrogens is 358 g/mol. The first-order valence-electron chi connectivity index (χ1n) is 8.07. The molecule has 0 spiro atoms. The third kappa shape index (κ3) is 4.85. The van der Waals surface area contributed by atoms with E-state index >= 15 is 0 Å². The molecule has 7 nitrogen and oxygen atoms in total. The Morgan fingerprint density at radius 2 is 2.04 bits per heavy atom. The second-order valence-corrected chi connectivity index (χ2v) is 7.59. The summed E-state index contributed by atoms with van der Waals surface area (Å²) >= 11 is 2.92. The summed E-state index contributed by atoms with van der Waals surface area (Å²) in [5.74, 6) is -1.32. The molecule has 1 atom stereocenters. The molecule has 3 heterocycles. The fraction of sp³-hybridized carbons (Fsp3) is 0.438.